The first kappa shape index (κ1) is 13.7. The van der Waals surface area contributed by atoms with E-state index in [1.165, 1.54) is 0 Å². The van der Waals surface area contributed by atoms with Crippen molar-refractivity contribution < 1.29 is 14.6 Å². The summed E-state index contributed by atoms with van der Waals surface area (Å²) in [6.07, 6.45) is 0. The van der Waals surface area contributed by atoms with Crippen LogP contribution in [-0.2, 0) is 21.7 Å². The molecule has 1 aliphatic rings. The number of hydrogen-bond acceptors (Lipinski definition) is 6. The van der Waals surface area contributed by atoms with Crippen molar-refractivity contribution >= 4 is 16.5 Å². The molecule has 0 radical (unpaired) electrons. The fourth-order valence-electron chi connectivity index (χ4n) is 1.94. The minimum absolute atomic E-state index is 0.431. The van der Waals surface area contributed by atoms with Gasteiger partial charge in [0, 0.05) is 20.2 Å². The molecular weight excluding hydrogens is 252 g/mol. The number of rotatable bonds is 4. The zero-order chi connectivity index (χ0) is 13.2. The quantitative estimate of drug-likeness (QED) is 0.897. The molecular formula is C12H20N2O3S. The molecule has 1 aromatic rings. The van der Waals surface area contributed by atoms with Gasteiger partial charge in [-0.3, -0.25) is 0 Å². The summed E-state index contributed by atoms with van der Waals surface area (Å²) in [5, 5.41) is 11.1. The molecule has 2 rings (SSSR count). The summed E-state index contributed by atoms with van der Waals surface area (Å²) in [5.41, 5.74) is -0.0488. The van der Waals surface area contributed by atoms with E-state index in [1.54, 1.807) is 32.3 Å². The van der Waals surface area contributed by atoms with E-state index in [2.05, 4.69) is 9.88 Å². The Hall–Kier alpha value is -0.690. The maximum absolute atomic E-state index is 10.2. The van der Waals surface area contributed by atoms with Gasteiger partial charge in [0.25, 0.3) is 0 Å². The number of nitrogens with zero attached hydrogens (tertiary/aromatic N) is 2. The normalized spacial score (nSPS) is 17.2. The van der Waals surface area contributed by atoms with Gasteiger partial charge in [0.15, 0.2) is 5.13 Å². The summed E-state index contributed by atoms with van der Waals surface area (Å²) in [6.45, 7) is 7.16. The molecule has 102 valence electrons. The second kappa shape index (κ2) is 5.52. The largest absolute Gasteiger partial charge is 0.385 e. The van der Waals surface area contributed by atoms with Gasteiger partial charge in [0.05, 0.1) is 36.0 Å². The third-order valence-corrected chi connectivity index (χ3v) is 4.28. The molecule has 18 heavy (non-hydrogen) atoms. The lowest BCUT2D eigenvalue weighted by molar-refractivity contribution is 0.0782. The summed E-state index contributed by atoms with van der Waals surface area (Å²) in [7, 11) is 1.64. The number of anilines is 1. The molecule has 1 saturated heterocycles. The number of thiazole rings is 1. The zero-order valence-corrected chi connectivity index (χ0v) is 11.9. The molecule has 1 aliphatic heterocycles. The number of hydrogen-bond donors (Lipinski definition) is 1. The molecule has 0 atom stereocenters. The molecule has 2 heterocycles. The Morgan fingerprint density at radius 1 is 1.44 bits per heavy atom. The lowest BCUT2D eigenvalue weighted by Crippen LogP contribution is -2.36. The molecule has 0 bridgehead atoms. The third-order valence-electron chi connectivity index (χ3n) is 2.80. The van der Waals surface area contributed by atoms with E-state index in [9.17, 15) is 5.11 Å². The predicted molar refractivity (Wildman–Crippen MR) is 71.1 cm³/mol. The Kier molecular flexibility index (Phi) is 4.21. The van der Waals surface area contributed by atoms with Gasteiger partial charge in [0.1, 0.15) is 0 Å². The highest BCUT2D eigenvalue weighted by Gasteiger charge is 2.27. The van der Waals surface area contributed by atoms with Crippen molar-refractivity contribution in [3.05, 3.63) is 10.6 Å². The lowest BCUT2D eigenvalue weighted by atomic mass is 10.1. The van der Waals surface area contributed by atoms with Gasteiger partial charge in [-0.1, -0.05) is 11.3 Å². The minimum atomic E-state index is -0.879. The predicted octanol–water partition coefficient (Wildman–Crippen LogP) is 1.35. The number of morpholine rings is 1. The van der Waals surface area contributed by atoms with Gasteiger partial charge in [-0.2, -0.15) is 0 Å². The van der Waals surface area contributed by atoms with Gasteiger partial charge in [-0.25, -0.2) is 4.98 Å². The number of aliphatic hydroxyl groups is 1. The smallest absolute Gasteiger partial charge is 0.186 e. The van der Waals surface area contributed by atoms with Crippen LogP contribution in [0.3, 0.4) is 0 Å². The maximum Gasteiger partial charge on any atom is 0.186 e. The molecule has 1 fully saturated rings. The number of methoxy groups -OCH3 is 1. The van der Waals surface area contributed by atoms with Crippen LogP contribution in [0.15, 0.2) is 0 Å². The molecule has 0 spiro atoms. The van der Waals surface area contributed by atoms with Crippen molar-refractivity contribution in [2.45, 2.75) is 26.1 Å². The third kappa shape index (κ3) is 3.00. The molecule has 1 N–H and O–H groups in total. The summed E-state index contributed by atoms with van der Waals surface area (Å²) in [5.74, 6) is 0. The summed E-state index contributed by atoms with van der Waals surface area (Å²) < 4.78 is 10.5. The highest BCUT2D eigenvalue weighted by molar-refractivity contribution is 7.15. The van der Waals surface area contributed by atoms with Crippen molar-refractivity contribution in [1.82, 2.24) is 4.98 Å². The molecule has 6 heteroatoms. The van der Waals surface area contributed by atoms with Gasteiger partial charge in [-0.15, -0.1) is 0 Å². The van der Waals surface area contributed by atoms with Crippen molar-refractivity contribution in [2.24, 2.45) is 0 Å². The van der Waals surface area contributed by atoms with E-state index >= 15 is 0 Å². The van der Waals surface area contributed by atoms with E-state index < -0.39 is 5.60 Å². The number of aromatic nitrogens is 1. The summed E-state index contributed by atoms with van der Waals surface area (Å²) in [4.78, 5) is 7.67. The molecule has 0 amide bonds. The van der Waals surface area contributed by atoms with E-state index in [4.69, 9.17) is 9.47 Å². The Balaban J connectivity index is 2.26. The topological polar surface area (TPSA) is 54.8 Å². The Labute approximate surface area is 111 Å². The van der Waals surface area contributed by atoms with Crippen molar-refractivity contribution in [3.8, 4) is 0 Å². The molecule has 5 nitrogen and oxygen atoms in total. The van der Waals surface area contributed by atoms with Crippen LogP contribution in [0, 0.1) is 0 Å². The van der Waals surface area contributed by atoms with E-state index in [1.807, 2.05) is 0 Å². The first-order valence-corrected chi connectivity index (χ1v) is 6.88. The molecule has 0 aromatic carbocycles. The molecule has 0 aliphatic carbocycles. The second-order valence-electron chi connectivity index (χ2n) is 4.86. The average Bonchev–Trinajstić information content (AvgIpc) is 2.75. The van der Waals surface area contributed by atoms with Crippen LogP contribution < -0.4 is 4.90 Å². The van der Waals surface area contributed by atoms with E-state index in [0.717, 1.165) is 42.0 Å². The van der Waals surface area contributed by atoms with Crippen LogP contribution in [0.4, 0.5) is 5.13 Å². The van der Waals surface area contributed by atoms with E-state index in [-0.39, 0.29) is 0 Å². The zero-order valence-electron chi connectivity index (χ0n) is 11.1. The van der Waals surface area contributed by atoms with Crippen LogP contribution in [0.1, 0.15) is 24.4 Å². The number of ether oxygens (including phenoxy) is 2. The van der Waals surface area contributed by atoms with Crippen LogP contribution >= 0.6 is 11.3 Å². The fourth-order valence-corrected chi connectivity index (χ4v) is 3.06. The molecule has 0 saturated carbocycles. The highest BCUT2D eigenvalue weighted by Crippen LogP contribution is 2.34. The Morgan fingerprint density at radius 3 is 2.67 bits per heavy atom. The van der Waals surface area contributed by atoms with Crippen LogP contribution in [-0.4, -0.2) is 43.5 Å². The van der Waals surface area contributed by atoms with Gasteiger partial charge < -0.3 is 19.5 Å². The average molecular weight is 272 g/mol. The SMILES string of the molecule is COCc1nc(N2CCOCC2)sc1C(C)(C)O. The van der Waals surface area contributed by atoms with E-state index in [0.29, 0.717) is 6.61 Å². The summed E-state index contributed by atoms with van der Waals surface area (Å²) >= 11 is 1.54. The highest BCUT2D eigenvalue weighted by atomic mass is 32.1. The first-order valence-electron chi connectivity index (χ1n) is 6.06. The van der Waals surface area contributed by atoms with Crippen LogP contribution in [0.5, 0.6) is 0 Å². The monoisotopic (exact) mass is 272 g/mol. The lowest BCUT2D eigenvalue weighted by Gasteiger charge is -2.26. The van der Waals surface area contributed by atoms with Crippen LogP contribution in [0.2, 0.25) is 0 Å². The summed E-state index contributed by atoms with van der Waals surface area (Å²) in [6, 6.07) is 0. The van der Waals surface area contributed by atoms with Crippen molar-refractivity contribution in [2.75, 3.05) is 38.3 Å². The standard InChI is InChI=1S/C12H20N2O3S/c1-12(2,15)10-9(8-16-3)13-11(18-10)14-4-6-17-7-5-14/h15H,4-8H2,1-3H3. The van der Waals surface area contributed by atoms with Gasteiger partial charge in [-0.05, 0) is 13.8 Å². The molecule has 1 aromatic heterocycles. The van der Waals surface area contributed by atoms with Crippen LogP contribution in [0.25, 0.3) is 0 Å². The van der Waals surface area contributed by atoms with Crippen molar-refractivity contribution in [3.63, 3.8) is 0 Å². The first-order chi connectivity index (χ1) is 8.52. The maximum atomic E-state index is 10.2. The Bertz CT molecular complexity index is 395. The second-order valence-corrected chi connectivity index (χ2v) is 5.84. The van der Waals surface area contributed by atoms with Gasteiger partial charge in [0.2, 0.25) is 0 Å². The molecule has 0 unspecified atom stereocenters. The van der Waals surface area contributed by atoms with Gasteiger partial charge >= 0.3 is 0 Å². The minimum Gasteiger partial charge on any atom is -0.385 e. The van der Waals surface area contributed by atoms with Crippen molar-refractivity contribution in [1.29, 1.82) is 0 Å². The fraction of sp³-hybridized carbons (Fsp3) is 0.750. The Morgan fingerprint density at radius 2 is 2.11 bits per heavy atom.